The van der Waals surface area contributed by atoms with Gasteiger partial charge >= 0.3 is 10.1 Å². The summed E-state index contributed by atoms with van der Waals surface area (Å²) in [4.78, 5) is 24.9. The Morgan fingerprint density at radius 2 is 1.62 bits per heavy atom. The lowest BCUT2D eigenvalue weighted by Crippen LogP contribution is -2.51. The molecule has 6 heteroatoms. The van der Waals surface area contributed by atoms with Crippen molar-refractivity contribution < 1.29 is 22.2 Å². The van der Waals surface area contributed by atoms with E-state index in [4.69, 9.17) is 4.18 Å². The number of fused-ring (bicyclic) bond motifs is 5. The first-order valence-corrected chi connectivity index (χ1v) is 11.6. The average Bonchev–Trinajstić information content (AvgIpc) is 2.85. The molecule has 0 aromatic carbocycles. The van der Waals surface area contributed by atoms with E-state index in [1.807, 2.05) is 0 Å². The van der Waals surface area contributed by atoms with Gasteiger partial charge in [-0.1, -0.05) is 13.8 Å². The summed E-state index contributed by atoms with van der Waals surface area (Å²) in [6.07, 6.45) is 7.30. The zero-order valence-electron chi connectivity index (χ0n) is 15.8. The molecular formula is C20H28O5S. The van der Waals surface area contributed by atoms with E-state index in [9.17, 15) is 18.0 Å². The second kappa shape index (κ2) is 5.66. The summed E-state index contributed by atoms with van der Waals surface area (Å²) in [6, 6.07) is 0. The summed E-state index contributed by atoms with van der Waals surface area (Å²) in [5.74, 6) is 1.66. The van der Waals surface area contributed by atoms with Gasteiger partial charge in [0.1, 0.15) is 5.78 Å². The number of allylic oxidation sites excluding steroid dienone is 1. The Morgan fingerprint density at radius 1 is 0.923 bits per heavy atom. The van der Waals surface area contributed by atoms with Gasteiger partial charge in [-0.05, 0) is 67.3 Å². The standard InChI is InChI=1S/C20H28O5S/c1-19-11-9-16(21)18(25-26(3,23)24)15(19)5-4-12-13-6-7-17(22)20(13,2)10-8-14(12)19/h12-14H,4-11H2,1-3H3/t12-,13-,14+,19+,20-/m0/s1. The molecule has 0 spiro atoms. The Balaban J connectivity index is 1.74. The van der Waals surface area contributed by atoms with Crippen molar-refractivity contribution in [3.63, 3.8) is 0 Å². The predicted molar refractivity (Wildman–Crippen MR) is 96.6 cm³/mol. The number of hydrogen-bond donors (Lipinski definition) is 0. The number of rotatable bonds is 2. The van der Waals surface area contributed by atoms with Crippen LogP contribution in [0, 0.1) is 28.6 Å². The lowest BCUT2D eigenvalue weighted by Gasteiger charge is -2.57. The summed E-state index contributed by atoms with van der Waals surface area (Å²) in [7, 11) is -3.72. The van der Waals surface area contributed by atoms with Crippen molar-refractivity contribution in [3.8, 4) is 0 Å². The van der Waals surface area contributed by atoms with Gasteiger partial charge < -0.3 is 4.18 Å². The van der Waals surface area contributed by atoms with Crippen molar-refractivity contribution in [1.29, 1.82) is 0 Å². The maximum Gasteiger partial charge on any atom is 0.306 e. The van der Waals surface area contributed by atoms with Crippen LogP contribution < -0.4 is 0 Å². The monoisotopic (exact) mass is 380 g/mol. The molecule has 0 amide bonds. The minimum atomic E-state index is -3.72. The Labute approximate surface area is 155 Å². The molecule has 26 heavy (non-hydrogen) atoms. The third kappa shape index (κ3) is 2.51. The van der Waals surface area contributed by atoms with Gasteiger partial charge in [0.05, 0.1) is 6.26 Å². The third-order valence-electron chi connectivity index (χ3n) is 8.01. The first kappa shape index (κ1) is 18.2. The molecule has 5 nitrogen and oxygen atoms in total. The topological polar surface area (TPSA) is 77.5 Å². The van der Waals surface area contributed by atoms with Crippen LogP contribution in [-0.4, -0.2) is 26.2 Å². The zero-order chi connectivity index (χ0) is 18.9. The zero-order valence-corrected chi connectivity index (χ0v) is 16.7. The number of carbonyl (C=O) groups excluding carboxylic acids is 2. The summed E-state index contributed by atoms with van der Waals surface area (Å²) in [6.45, 7) is 4.34. The van der Waals surface area contributed by atoms with Crippen LogP contribution in [0.15, 0.2) is 11.3 Å². The lowest BCUT2D eigenvalue weighted by molar-refractivity contribution is -0.132. The maximum absolute atomic E-state index is 12.5. The molecule has 0 N–H and O–H groups in total. The molecule has 0 bridgehead atoms. The van der Waals surface area contributed by atoms with Crippen LogP contribution >= 0.6 is 0 Å². The van der Waals surface area contributed by atoms with Crippen LogP contribution in [0.2, 0.25) is 0 Å². The first-order chi connectivity index (χ1) is 12.1. The largest absolute Gasteiger partial charge is 0.379 e. The summed E-state index contributed by atoms with van der Waals surface area (Å²) in [5, 5.41) is 0. The van der Waals surface area contributed by atoms with Crippen LogP contribution in [0.5, 0.6) is 0 Å². The molecule has 0 saturated heterocycles. The van der Waals surface area contributed by atoms with Gasteiger partial charge in [-0.25, -0.2) is 0 Å². The van der Waals surface area contributed by atoms with E-state index in [-0.39, 0.29) is 22.4 Å². The maximum atomic E-state index is 12.5. The van der Waals surface area contributed by atoms with Gasteiger partial charge in [0, 0.05) is 18.3 Å². The molecule has 0 unspecified atom stereocenters. The molecule has 4 aliphatic carbocycles. The van der Waals surface area contributed by atoms with Crippen molar-refractivity contribution in [1.82, 2.24) is 0 Å². The SMILES string of the molecule is C[C@]12CCC(=O)C(OS(C)(=O)=O)=C1CC[C@@H]1[C@H]2CC[C@]2(C)C(=O)CC[C@@H]12. The van der Waals surface area contributed by atoms with Crippen molar-refractivity contribution in [2.45, 2.75) is 65.2 Å². The van der Waals surface area contributed by atoms with Gasteiger partial charge in [-0.2, -0.15) is 8.42 Å². The highest BCUT2D eigenvalue weighted by Gasteiger charge is 2.59. The first-order valence-electron chi connectivity index (χ1n) is 9.76. The quantitative estimate of drug-likeness (QED) is 0.686. The molecule has 5 atom stereocenters. The second-order valence-electron chi connectivity index (χ2n) is 9.27. The lowest BCUT2D eigenvalue weighted by atomic mass is 9.47. The molecule has 0 radical (unpaired) electrons. The smallest absolute Gasteiger partial charge is 0.306 e. The van der Waals surface area contributed by atoms with Crippen molar-refractivity contribution in [3.05, 3.63) is 11.3 Å². The van der Waals surface area contributed by atoms with Crippen LogP contribution in [-0.2, 0) is 23.9 Å². The number of carbonyl (C=O) groups is 2. The van der Waals surface area contributed by atoms with Gasteiger partial charge in [0.25, 0.3) is 0 Å². The molecule has 144 valence electrons. The van der Waals surface area contributed by atoms with E-state index in [1.165, 1.54) is 0 Å². The molecule has 4 rings (SSSR count). The number of ketones is 2. The van der Waals surface area contributed by atoms with E-state index < -0.39 is 10.1 Å². The van der Waals surface area contributed by atoms with E-state index in [0.29, 0.717) is 42.8 Å². The summed E-state index contributed by atoms with van der Waals surface area (Å²) >= 11 is 0. The summed E-state index contributed by atoms with van der Waals surface area (Å²) in [5.41, 5.74) is 0.549. The Morgan fingerprint density at radius 3 is 2.31 bits per heavy atom. The molecule has 0 heterocycles. The fourth-order valence-corrected chi connectivity index (χ4v) is 7.18. The third-order valence-corrected chi connectivity index (χ3v) is 8.48. The molecular weight excluding hydrogens is 352 g/mol. The Kier molecular flexibility index (Phi) is 3.97. The van der Waals surface area contributed by atoms with Crippen LogP contribution in [0.3, 0.4) is 0 Å². The van der Waals surface area contributed by atoms with E-state index in [2.05, 4.69) is 13.8 Å². The summed E-state index contributed by atoms with van der Waals surface area (Å²) < 4.78 is 28.6. The highest BCUT2D eigenvalue weighted by atomic mass is 32.2. The number of Topliss-reactive ketones (excluding diaryl/α,β-unsaturated/α-hetero) is 2. The van der Waals surface area contributed by atoms with Crippen molar-refractivity contribution in [2.75, 3.05) is 6.26 Å². The highest BCUT2D eigenvalue weighted by molar-refractivity contribution is 7.86. The van der Waals surface area contributed by atoms with Crippen molar-refractivity contribution in [2.24, 2.45) is 28.6 Å². The molecule has 4 aliphatic rings. The minimum Gasteiger partial charge on any atom is -0.379 e. The Hall–Kier alpha value is -1.17. The average molecular weight is 381 g/mol. The van der Waals surface area contributed by atoms with E-state index in [1.54, 1.807) is 0 Å². The second-order valence-corrected chi connectivity index (χ2v) is 10.8. The molecule has 0 aromatic rings. The number of hydrogen-bond acceptors (Lipinski definition) is 5. The predicted octanol–water partition coefficient (Wildman–Crippen LogP) is 3.39. The fourth-order valence-electron chi connectivity index (χ4n) is 6.68. The highest BCUT2D eigenvalue weighted by Crippen LogP contribution is 2.65. The molecule has 0 aliphatic heterocycles. The van der Waals surface area contributed by atoms with Gasteiger partial charge in [-0.3, -0.25) is 9.59 Å². The molecule has 3 fully saturated rings. The van der Waals surface area contributed by atoms with Gasteiger partial charge in [0.2, 0.25) is 0 Å². The van der Waals surface area contributed by atoms with Crippen LogP contribution in [0.4, 0.5) is 0 Å². The van der Waals surface area contributed by atoms with Crippen LogP contribution in [0.25, 0.3) is 0 Å². The van der Waals surface area contributed by atoms with Crippen LogP contribution in [0.1, 0.15) is 65.2 Å². The van der Waals surface area contributed by atoms with Crippen molar-refractivity contribution >= 4 is 21.7 Å². The normalized spacial score (nSPS) is 43.0. The van der Waals surface area contributed by atoms with Gasteiger partial charge in [-0.15, -0.1) is 0 Å². The molecule has 0 aromatic heterocycles. The van der Waals surface area contributed by atoms with Gasteiger partial charge in [0.15, 0.2) is 11.5 Å². The van der Waals surface area contributed by atoms with E-state index in [0.717, 1.165) is 43.9 Å². The Bertz CT molecular complexity index is 810. The van der Waals surface area contributed by atoms with E-state index >= 15 is 0 Å². The minimum absolute atomic E-state index is 0.0931. The molecule has 3 saturated carbocycles. The fraction of sp³-hybridized carbons (Fsp3) is 0.800.